The molecule has 1 aliphatic carbocycles. The van der Waals surface area contributed by atoms with Crippen LogP contribution >= 0.6 is 39.3 Å². The number of nitrogens with zero attached hydrogens (tertiary/aromatic N) is 1. The molecule has 0 saturated heterocycles. The van der Waals surface area contributed by atoms with Crippen LogP contribution in [0.5, 0.6) is 0 Å². The third kappa shape index (κ3) is 3.81. The van der Waals surface area contributed by atoms with Crippen molar-refractivity contribution in [3.63, 3.8) is 0 Å². The minimum atomic E-state index is -1.38. The standard InChI is InChI=1S/C21H18BrClFNO3S/c1-28-17(26)10-21(27)8-2-3-16-18(21)20(29-14-6-4-12(23)5-7-14)19-15(22)9-13(24)11-25(16)19/h4-7,9,11,27H,2-3,8,10H2,1H3. The van der Waals surface area contributed by atoms with Crippen LogP contribution in [0.1, 0.15) is 30.5 Å². The van der Waals surface area contributed by atoms with Crippen molar-refractivity contribution in [2.45, 2.75) is 41.1 Å². The molecule has 0 bridgehead atoms. The van der Waals surface area contributed by atoms with Gasteiger partial charge in [0.2, 0.25) is 0 Å². The first-order chi connectivity index (χ1) is 13.8. The Morgan fingerprint density at radius 1 is 1.41 bits per heavy atom. The van der Waals surface area contributed by atoms with Gasteiger partial charge in [0.1, 0.15) is 11.4 Å². The Morgan fingerprint density at radius 2 is 2.14 bits per heavy atom. The zero-order valence-electron chi connectivity index (χ0n) is 15.5. The van der Waals surface area contributed by atoms with Crippen LogP contribution in [0.3, 0.4) is 0 Å². The number of ether oxygens (including phenoxy) is 1. The summed E-state index contributed by atoms with van der Waals surface area (Å²) >= 11 is 11.0. The summed E-state index contributed by atoms with van der Waals surface area (Å²) in [5.74, 6) is -0.865. The van der Waals surface area contributed by atoms with Crippen LogP contribution in [0, 0.1) is 5.82 Å². The van der Waals surface area contributed by atoms with E-state index in [2.05, 4.69) is 15.9 Å². The highest BCUT2D eigenvalue weighted by atomic mass is 79.9. The van der Waals surface area contributed by atoms with Crippen LogP contribution < -0.4 is 0 Å². The van der Waals surface area contributed by atoms with Crippen molar-refractivity contribution in [1.82, 2.24) is 4.40 Å². The average molecular weight is 499 g/mol. The lowest BCUT2D eigenvalue weighted by molar-refractivity contribution is -0.147. The molecule has 2 heterocycles. The number of hydrogen-bond acceptors (Lipinski definition) is 4. The van der Waals surface area contributed by atoms with Crippen LogP contribution in [0.4, 0.5) is 4.39 Å². The second-order valence-corrected chi connectivity index (χ2v) is 9.44. The normalized spacial score (nSPS) is 18.7. The Balaban J connectivity index is 1.97. The molecule has 0 aliphatic heterocycles. The molecule has 1 unspecified atom stereocenters. The van der Waals surface area contributed by atoms with Crippen LogP contribution in [-0.2, 0) is 21.6 Å². The van der Waals surface area contributed by atoms with Gasteiger partial charge in [-0.3, -0.25) is 4.79 Å². The third-order valence-corrected chi connectivity index (χ3v) is 7.14. The van der Waals surface area contributed by atoms with Crippen molar-refractivity contribution in [3.8, 4) is 0 Å². The first kappa shape index (κ1) is 20.7. The van der Waals surface area contributed by atoms with Crippen molar-refractivity contribution in [2.24, 2.45) is 0 Å². The molecule has 152 valence electrons. The van der Waals surface area contributed by atoms with Gasteiger partial charge in [0.15, 0.2) is 0 Å². The van der Waals surface area contributed by atoms with E-state index in [4.69, 9.17) is 16.3 Å². The van der Waals surface area contributed by atoms with Crippen molar-refractivity contribution < 1.29 is 19.0 Å². The summed E-state index contributed by atoms with van der Waals surface area (Å²) in [5, 5.41) is 12.2. The molecule has 29 heavy (non-hydrogen) atoms. The van der Waals surface area contributed by atoms with Crippen LogP contribution in [0.2, 0.25) is 5.02 Å². The number of aryl methyl sites for hydroxylation is 1. The number of esters is 1. The molecule has 0 amide bonds. The van der Waals surface area contributed by atoms with Gasteiger partial charge in [0, 0.05) is 36.7 Å². The number of benzene rings is 1. The molecule has 4 rings (SSSR count). The largest absolute Gasteiger partial charge is 0.469 e. The molecule has 1 aliphatic rings. The van der Waals surface area contributed by atoms with Crippen LogP contribution in [0.25, 0.3) is 5.52 Å². The summed E-state index contributed by atoms with van der Waals surface area (Å²) in [6.07, 6.45) is 3.07. The number of pyridine rings is 1. The second-order valence-electron chi connectivity index (χ2n) is 7.07. The number of rotatable bonds is 4. The van der Waals surface area contributed by atoms with Gasteiger partial charge in [0.25, 0.3) is 0 Å². The van der Waals surface area contributed by atoms with E-state index >= 15 is 0 Å². The van der Waals surface area contributed by atoms with Gasteiger partial charge in [-0.2, -0.15) is 0 Å². The number of aliphatic hydroxyl groups is 1. The summed E-state index contributed by atoms with van der Waals surface area (Å²) in [7, 11) is 1.31. The Hall–Kier alpha value is -1.54. The Bertz CT molecular complexity index is 1100. The number of carbonyl (C=O) groups excluding carboxylic acids is 1. The maximum atomic E-state index is 14.2. The lowest BCUT2D eigenvalue weighted by atomic mass is 9.80. The Morgan fingerprint density at radius 3 is 2.83 bits per heavy atom. The van der Waals surface area contributed by atoms with E-state index in [0.717, 1.165) is 21.0 Å². The van der Waals surface area contributed by atoms with Gasteiger partial charge in [-0.05, 0) is 65.5 Å². The first-order valence-corrected chi connectivity index (χ1v) is 11.1. The van der Waals surface area contributed by atoms with Gasteiger partial charge >= 0.3 is 5.97 Å². The van der Waals surface area contributed by atoms with Crippen LogP contribution in [0.15, 0.2) is 50.8 Å². The van der Waals surface area contributed by atoms with E-state index in [0.29, 0.717) is 34.3 Å². The lowest BCUT2D eigenvalue weighted by Gasteiger charge is -2.32. The molecule has 4 nitrogen and oxygen atoms in total. The summed E-state index contributed by atoms with van der Waals surface area (Å²) in [4.78, 5) is 13.8. The summed E-state index contributed by atoms with van der Waals surface area (Å²) in [5.41, 5.74) is 0.869. The molecular formula is C21H18BrClFNO3S. The maximum Gasteiger partial charge on any atom is 0.308 e. The van der Waals surface area contributed by atoms with Crippen LogP contribution in [-0.4, -0.2) is 22.6 Å². The number of aromatic nitrogens is 1. The number of hydrogen-bond donors (Lipinski definition) is 1. The SMILES string of the molecule is COC(=O)CC1(O)CCCc2c1c(Sc1ccc(Cl)cc1)c1c(Br)cc(F)cn21. The minimum Gasteiger partial charge on any atom is -0.469 e. The van der Waals surface area contributed by atoms with Gasteiger partial charge < -0.3 is 14.2 Å². The van der Waals surface area contributed by atoms with Crippen molar-refractivity contribution >= 4 is 50.8 Å². The van der Waals surface area contributed by atoms with Crippen molar-refractivity contribution in [1.29, 1.82) is 0 Å². The number of fused-ring (bicyclic) bond motifs is 3. The molecule has 1 aromatic carbocycles. The Kier molecular flexibility index (Phi) is 5.68. The predicted octanol–water partition coefficient (Wildman–Crippen LogP) is 5.73. The highest BCUT2D eigenvalue weighted by molar-refractivity contribution is 9.10. The summed E-state index contributed by atoms with van der Waals surface area (Å²) in [6.45, 7) is 0. The number of carbonyl (C=O) groups is 1. The van der Waals surface area contributed by atoms with E-state index < -0.39 is 11.6 Å². The molecule has 0 radical (unpaired) electrons. The van der Waals surface area contributed by atoms with E-state index in [1.165, 1.54) is 31.1 Å². The molecule has 2 aromatic heterocycles. The van der Waals surface area contributed by atoms with Crippen molar-refractivity contribution in [3.05, 3.63) is 63.1 Å². The maximum absolute atomic E-state index is 14.2. The molecule has 3 aromatic rings. The second kappa shape index (κ2) is 7.95. The van der Waals surface area contributed by atoms with E-state index in [1.54, 1.807) is 16.5 Å². The number of halogens is 3. The third-order valence-electron chi connectivity index (χ3n) is 5.17. The average Bonchev–Trinajstić information content (AvgIpc) is 2.98. The Labute approximate surface area is 185 Å². The van der Waals surface area contributed by atoms with Gasteiger partial charge in [-0.25, -0.2) is 4.39 Å². The number of methoxy groups -OCH3 is 1. The topological polar surface area (TPSA) is 50.9 Å². The molecule has 0 spiro atoms. The monoisotopic (exact) mass is 497 g/mol. The lowest BCUT2D eigenvalue weighted by Crippen LogP contribution is -2.33. The molecular weight excluding hydrogens is 481 g/mol. The summed E-state index contributed by atoms with van der Waals surface area (Å²) < 4.78 is 21.4. The van der Waals surface area contributed by atoms with E-state index in [-0.39, 0.29) is 12.2 Å². The van der Waals surface area contributed by atoms with Crippen molar-refractivity contribution in [2.75, 3.05) is 7.11 Å². The van der Waals surface area contributed by atoms with E-state index in [1.807, 2.05) is 12.1 Å². The van der Waals surface area contributed by atoms with Gasteiger partial charge in [-0.15, -0.1) is 0 Å². The highest BCUT2D eigenvalue weighted by Crippen LogP contribution is 2.49. The molecule has 0 fully saturated rings. The first-order valence-electron chi connectivity index (χ1n) is 9.07. The highest BCUT2D eigenvalue weighted by Gasteiger charge is 2.42. The molecule has 1 N–H and O–H groups in total. The molecule has 0 saturated carbocycles. The molecule has 8 heteroatoms. The van der Waals surface area contributed by atoms with Gasteiger partial charge in [-0.1, -0.05) is 23.4 Å². The van der Waals surface area contributed by atoms with E-state index in [9.17, 15) is 14.3 Å². The summed E-state index contributed by atoms with van der Waals surface area (Å²) in [6, 6.07) is 8.78. The fraction of sp³-hybridized carbons (Fsp3) is 0.286. The zero-order valence-corrected chi connectivity index (χ0v) is 18.7. The quantitative estimate of drug-likeness (QED) is 0.467. The fourth-order valence-electron chi connectivity index (χ4n) is 3.94. The fourth-order valence-corrected chi connectivity index (χ4v) is 6.02. The predicted molar refractivity (Wildman–Crippen MR) is 114 cm³/mol. The smallest absolute Gasteiger partial charge is 0.308 e. The molecule has 1 atom stereocenters. The minimum absolute atomic E-state index is 0.151. The zero-order chi connectivity index (χ0) is 20.8. The van der Waals surface area contributed by atoms with Gasteiger partial charge in [0.05, 0.1) is 19.0 Å².